The van der Waals surface area contributed by atoms with Crippen LogP contribution in [-0.2, 0) is 6.54 Å². The minimum absolute atomic E-state index is 0.317. The quantitative estimate of drug-likeness (QED) is 0.770. The first-order chi connectivity index (χ1) is 11.0. The summed E-state index contributed by atoms with van der Waals surface area (Å²) in [6, 6.07) is 11.4. The van der Waals surface area contributed by atoms with Crippen molar-refractivity contribution >= 4 is 22.9 Å². The molecule has 0 amide bonds. The molecule has 0 aromatic heterocycles. The Labute approximate surface area is 137 Å². The molecule has 0 aliphatic carbocycles. The van der Waals surface area contributed by atoms with E-state index in [0.29, 0.717) is 34.0 Å². The number of hydrogen-bond donors (Lipinski definition) is 0. The number of nitrogens with zero attached hydrogens (tertiary/aromatic N) is 2. The van der Waals surface area contributed by atoms with Crippen molar-refractivity contribution in [2.75, 3.05) is 4.90 Å². The third kappa shape index (κ3) is 2.84. The highest BCUT2D eigenvalue weighted by atomic mass is 35.5. The van der Waals surface area contributed by atoms with Gasteiger partial charge >= 0.3 is 0 Å². The van der Waals surface area contributed by atoms with Crippen molar-refractivity contribution in [3.05, 3.63) is 82.5 Å². The van der Waals surface area contributed by atoms with Crippen LogP contribution in [0.1, 0.15) is 11.1 Å². The average molecular weight is 329 g/mol. The molecule has 0 N–H and O–H groups in total. The number of hydrogen-bond acceptors (Lipinski definition) is 2. The number of halogens is 3. The Balaban J connectivity index is 2.07. The van der Waals surface area contributed by atoms with E-state index in [4.69, 9.17) is 11.6 Å². The van der Waals surface area contributed by atoms with E-state index in [-0.39, 0.29) is 0 Å². The summed E-state index contributed by atoms with van der Waals surface area (Å²) < 4.78 is 27.2. The summed E-state index contributed by atoms with van der Waals surface area (Å²) in [7, 11) is 0. The second kappa shape index (κ2) is 5.86. The Morgan fingerprint density at radius 2 is 1.78 bits per heavy atom. The van der Waals surface area contributed by atoms with E-state index in [9.17, 15) is 14.0 Å². The van der Waals surface area contributed by atoms with E-state index >= 15 is 0 Å². The molecule has 5 heteroatoms. The van der Waals surface area contributed by atoms with E-state index in [1.807, 2.05) is 18.2 Å². The number of benzene rings is 2. The summed E-state index contributed by atoms with van der Waals surface area (Å²) in [5.74, 6) is -1.90. The maximum Gasteiger partial charge on any atom is 0.160 e. The minimum atomic E-state index is -0.962. The van der Waals surface area contributed by atoms with Crippen LogP contribution in [0.25, 0.3) is 5.57 Å². The second-order valence-electron chi connectivity index (χ2n) is 5.17. The van der Waals surface area contributed by atoms with Crippen molar-refractivity contribution in [3.8, 4) is 6.07 Å². The third-order valence-electron chi connectivity index (χ3n) is 3.67. The molecular weight excluding hydrogens is 318 g/mol. The van der Waals surface area contributed by atoms with Gasteiger partial charge in [-0.1, -0.05) is 30.3 Å². The largest absolute Gasteiger partial charge is 0.342 e. The molecule has 1 aliphatic heterocycles. The highest BCUT2D eigenvalue weighted by Gasteiger charge is 2.23. The Morgan fingerprint density at radius 3 is 2.43 bits per heavy atom. The monoisotopic (exact) mass is 328 g/mol. The van der Waals surface area contributed by atoms with Gasteiger partial charge < -0.3 is 4.90 Å². The SMILES string of the molecule is C=C1C(C#N)=CN(Cc2ccc(Cl)cc2)c2cc(F)c(F)cc21. The highest BCUT2D eigenvalue weighted by Crippen LogP contribution is 2.38. The van der Waals surface area contributed by atoms with Crippen LogP contribution in [0.4, 0.5) is 14.5 Å². The van der Waals surface area contributed by atoms with Crippen molar-refractivity contribution in [2.45, 2.75) is 6.54 Å². The molecule has 0 saturated heterocycles. The van der Waals surface area contributed by atoms with Crippen LogP contribution in [0.3, 0.4) is 0 Å². The number of nitriles is 1. The summed E-state index contributed by atoms with van der Waals surface area (Å²) in [5.41, 5.74) is 2.51. The molecule has 1 aliphatic rings. The normalized spacial score (nSPS) is 13.4. The molecule has 0 spiro atoms. The summed E-state index contributed by atoms with van der Waals surface area (Å²) in [5, 5.41) is 9.85. The molecule has 2 aromatic rings. The molecular formula is C18H11ClF2N2. The first kappa shape index (κ1) is 15.3. The number of anilines is 1. The molecule has 23 heavy (non-hydrogen) atoms. The van der Waals surface area contributed by atoms with Gasteiger partial charge in [-0.2, -0.15) is 5.26 Å². The fraction of sp³-hybridized carbons (Fsp3) is 0.0556. The lowest BCUT2D eigenvalue weighted by atomic mass is 9.94. The second-order valence-corrected chi connectivity index (χ2v) is 5.61. The lowest BCUT2D eigenvalue weighted by Gasteiger charge is -2.29. The molecule has 0 saturated carbocycles. The fourth-order valence-corrected chi connectivity index (χ4v) is 2.60. The van der Waals surface area contributed by atoms with Crippen LogP contribution >= 0.6 is 11.6 Å². The summed E-state index contributed by atoms with van der Waals surface area (Å²) >= 11 is 5.87. The summed E-state index contributed by atoms with van der Waals surface area (Å²) in [6.45, 7) is 4.20. The van der Waals surface area contributed by atoms with E-state index < -0.39 is 11.6 Å². The van der Waals surface area contributed by atoms with Crippen molar-refractivity contribution < 1.29 is 8.78 Å². The van der Waals surface area contributed by atoms with Crippen molar-refractivity contribution in [1.29, 1.82) is 5.26 Å². The van der Waals surface area contributed by atoms with Gasteiger partial charge in [0.1, 0.15) is 6.07 Å². The molecule has 0 radical (unpaired) electrons. The molecule has 0 fully saturated rings. The summed E-state index contributed by atoms with van der Waals surface area (Å²) in [6.07, 6.45) is 1.59. The smallest absolute Gasteiger partial charge is 0.160 e. The van der Waals surface area contributed by atoms with Crippen LogP contribution in [0.15, 0.2) is 54.8 Å². The van der Waals surface area contributed by atoms with Crippen LogP contribution < -0.4 is 4.90 Å². The molecule has 2 aromatic carbocycles. The van der Waals surface area contributed by atoms with Crippen LogP contribution in [-0.4, -0.2) is 0 Å². The van der Waals surface area contributed by atoms with Gasteiger partial charge in [0.25, 0.3) is 0 Å². The van der Waals surface area contributed by atoms with E-state index in [1.54, 1.807) is 23.2 Å². The van der Waals surface area contributed by atoms with Gasteiger partial charge in [-0.05, 0) is 29.3 Å². The van der Waals surface area contributed by atoms with Gasteiger partial charge in [-0.15, -0.1) is 0 Å². The first-order valence-electron chi connectivity index (χ1n) is 6.81. The van der Waals surface area contributed by atoms with E-state index in [0.717, 1.165) is 17.7 Å². The summed E-state index contributed by atoms with van der Waals surface area (Å²) in [4.78, 5) is 1.70. The number of rotatable bonds is 2. The van der Waals surface area contributed by atoms with Gasteiger partial charge in [0.15, 0.2) is 11.6 Å². The van der Waals surface area contributed by atoms with Crippen LogP contribution in [0.5, 0.6) is 0 Å². The topological polar surface area (TPSA) is 27.0 Å². The fourth-order valence-electron chi connectivity index (χ4n) is 2.48. The maximum atomic E-state index is 13.6. The first-order valence-corrected chi connectivity index (χ1v) is 7.19. The molecule has 0 unspecified atom stereocenters. The predicted octanol–water partition coefficient (Wildman–Crippen LogP) is 5.06. The van der Waals surface area contributed by atoms with Crippen LogP contribution in [0, 0.1) is 23.0 Å². The Morgan fingerprint density at radius 1 is 1.13 bits per heavy atom. The van der Waals surface area contributed by atoms with Crippen LogP contribution in [0.2, 0.25) is 5.02 Å². The molecule has 1 heterocycles. The van der Waals surface area contributed by atoms with E-state index in [1.165, 1.54) is 0 Å². The average Bonchev–Trinajstić information content (AvgIpc) is 2.54. The molecule has 3 rings (SSSR count). The van der Waals surface area contributed by atoms with Gasteiger partial charge in [0, 0.05) is 29.4 Å². The minimum Gasteiger partial charge on any atom is -0.342 e. The molecule has 0 bridgehead atoms. The van der Waals surface area contributed by atoms with Gasteiger partial charge in [0.2, 0.25) is 0 Å². The number of fused-ring (bicyclic) bond motifs is 1. The molecule has 2 nitrogen and oxygen atoms in total. The zero-order valence-electron chi connectivity index (χ0n) is 12.0. The van der Waals surface area contributed by atoms with E-state index in [2.05, 4.69) is 6.58 Å². The van der Waals surface area contributed by atoms with Gasteiger partial charge in [-0.25, -0.2) is 8.78 Å². The zero-order valence-corrected chi connectivity index (χ0v) is 12.7. The highest BCUT2D eigenvalue weighted by molar-refractivity contribution is 6.30. The maximum absolute atomic E-state index is 13.6. The number of allylic oxidation sites excluding steroid dienone is 2. The lowest BCUT2D eigenvalue weighted by Crippen LogP contribution is -2.21. The zero-order chi connectivity index (χ0) is 16.6. The van der Waals surface area contributed by atoms with Crippen molar-refractivity contribution in [3.63, 3.8) is 0 Å². The predicted molar refractivity (Wildman–Crippen MR) is 86.7 cm³/mol. The Kier molecular flexibility index (Phi) is 3.89. The van der Waals surface area contributed by atoms with Gasteiger partial charge in [-0.3, -0.25) is 0 Å². The van der Waals surface area contributed by atoms with Crippen molar-refractivity contribution in [2.24, 2.45) is 0 Å². The Bertz CT molecular complexity index is 864. The molecule has 114 valence electrons. The molecule has 0 atom stereocenters. The third-order valence-corrected chi connectivity index (χ3v) is 3.92. The Hall–Kier alpha value is -2.64. The lowest BCUT2D eigenvalue weighted by molar-refractivity contribution is 0.508. The standard InChI is InChI=1S/C18H11ClF2N2/c1-11-13(8-22)10-23(9-12-2-4-14(19)5-3-12)18-7-17(21)16(20)6-15(11)18/h2-7,10H,1,9H2. The van der Waals surface area contributed by atoms with Gasteiger partial charge in [0.05, 0.1) is 11.3 Å². The van der Waals surface area contributed by atoms with Crippen molar-refractivity contribution in [1.82, 2.24) is 0 Å².